The summed E-state index contributed by atoms with van der Waals surface area (Å²) < 4.78 is 63.9. The van der Waals surface area contributed by atoms with Crippen molar-refractivity contribution >= 4 is 46.6 Å². The Morgan fingerprint density at radius 2 is 1.59 bits per heavy atom. The summed E-state index contributed by atoms with van der Waals surface area (Å²) in [5.74, 6) is -10.3. The van der Waals surface area contributed by atoms with Crippen LogP contribution in [-0.4, -0.2) is 61.4 Å². The Morgan fingerprint density at radius 3 is 2.17 bits per heavy atom. The maximum Gasteiger partial charge on any atom is 0.455 e. The second-order valence-corrected chi connectivity index (χ2v) is 10.4. The van der Waals surface area contributed by atoms with Crippen LogP contribution in [-0.2, 0) is 14.4 Å². The van der Waals surface area contributed by atoms with Crippen molar-refractivity contribution in [2.24, 2.45) is 11.8 Å². The average Bonchev–Trinajstić information content (AvgIpc) is 3.76. The molecule has 2 unspecified atom stereocenters. The zero-order valence-corrected chi connectivity index (χ0v) is 22.4. The van der Waals surface area contributed by atoms with Crippen LogP contribution < -0.4 is 20.4 Å². The monoisotopic (exact) mass is 600 g/mol. The topological polar surface area (TPSA) is 98.8 Å². The maximum atomic E-state index is 13.7. The highest BCUT2D eigenvalue weighted by Gasteiger charge is 2.57. The third kappa shape index (κ3) is 6.77. The van der Waals surface area contributed by atoms with Gasteiger partial charge in [-0.1, -0.05) is 23.7 Å². The second-order valence-electron chi connectivity index (χ2n) is 10.0. The minimum atomic E-state index is -5.89. The molecule has 2 aromatic carbocycles. The van der Waals surface area contributed by atoms with E-state index in [1.54, 1.807) is 24.3 Å². The van der Waals surface area contributed by atoms with E-state index >= 15 is 0 Å². The summed E-state index contributed by atoms with van der Waals surface area (Å²) in [7, 11) is 0. The number of anilines is 2. The van der Waals surface area contributed by atoms with E-state index in [9.17, 15) is 41.1 Å². The van der Waals surface area contributed by atoms with Gasteiger partial charge in [0.1, 0.15) is 12.0 Å². The third-order valence-corrected chi connectivity index (χ3v) is 7.12. The van der Waals surface area contributed by atoms with Crippen LogP contribution in [0.25, 0.3) is 0 Å². The Hall–Kier alpha value is -3.74. The van der Waals surface area contributed by atoms with Crippen LogP contribution in [0.15, 0.2) is 48.5 Å². The lowest BCUT2D eigenvalue weighted by atomic mass is 10.1. The summed E-state index contributed by atoms with van der Waals surface area (Å²) in [5.41, 5.74) is 1.08. The van der Waals surface area contributed by atoms with Gasteiger partial charge in [-0.25, -0.2) is 0 Å². The molecule has 4 rings (SSSR count). The van der Waals surface area contributed by atoms with Crippen LogP contribution in [0.3, 0.4) is 0 Å². The van der Waals surface area contributed by atoms with Gasteiger partial charge in [-0.3, -0.25) is 19.2 Å². The van der Waals surface area contributed by atoms with Gasteiger partial charge in [-0.05, 0) is 62.1 Å². The molecule has 41 heavy (non-hydrogen) atoms. The van der Waals surface area contributed by atoms with E-state index in [4.69, 9.17) is 11.6 Å². The first-order chi connectivity index (χ1) is 19.2. The Kier molecular flexibility index (Phi) is 8.57. The number of rotatable bonds is 8. The number of hydrogen-bond acceptors (Lipinski definition) is 4. The minimum absolute atomic E-state index is 0.210. The minimum Gasteiger partial charge on any atom is -0.349 e. The first-order valence-electron chi connectivity index (χ1n) is 12.7. The van der Waals surface area contributed by atoms with Crippen molar-refractivity contribution < 1.29 is 41.1 Å². The van der Waals surface area contributed by atoms with Crippen LogP contribution in [0, 0.1) is 11.8 Å². The number of halogens is 6. The largest absolute Gasteiger partial charge is 0.455 e. The van der Waals surface area contributed by atoms with E-state index in [1.165, 1.54) is 39.4 Å². The van der Waals surface area contributed by atoms with Crippen LogP contribution in [0.5, 0.6) is 0 Å². The second kappa shape index (κ2) is 11.6. The molecule has 1 aliphatic carbocycles. The van der Waals surface area contributed by atoms with Gasteiger partial charge in [-0.15, -0.1) is 0 Å². The molecule has 8 nitrogen and oxygen atoms in total. The molecule has 4 amide bonds. The Morgan fingerprint density at radius 1 is 0.976 bits per heavy atom. The molecule has 0 saturated heterocycles. The van der Waals surface area contributed by atoms with Crippen molar-refractivity contribution in [1.82, 2.24) is 10.6 Å². The standard InChI is InChI=1S/C27H26ClF5N4O4/c1-15(22(38)34-14-26(29,30)27(31,32)33)23(39)35-19-13-37(24(40)17-8-10-18(28)11-9-17)21-5-3-2-4-20(21)36(25(19)41)12-16-6-7-16/h2-5,8-11,15-16,19H,6-7,12-14H2,1H3,(H,34,38)(H,35,39). The van der Waals surface area contributed by atoms with Crippen molar-refractivity contribution in [2.45, 2.75) is 37.9 Å². The number of hydrogen-bond donors (Lipinski definition) is 2. The maximum absolute atomic E-state index is 13.7. The zero-order valence-electron chi connectivity index (χ0n) is 21.7. The summed E-state index contributed by atoms with van der Waals surface area (Å²) in [4.78, 5) is 55.4. The van der Waals surface area contributed by atoms with E-state index in [0.29, 0.717) is 22.9 Å². The van der Waals surface area contributed by atoms with Crippen molar-refractivity contribution in [1.29, 1.82) is 0 Å². The van der Waals surface area contributed by atoms with Crippen molar-refractivity contribution in [2.75, 3.05) is 29.4 Å². The predicted molar refractivity (Wildman–Crippen MR) is 140 cm³/mol. The molecule has 2 atom stereocenters. The lowest BCUT2D eigenvalue weighted by Gasteiger charge is -2.26. The van der Waals surface area contributed by atoms with Gasteiger partial charge >= 0.3 is 12.1 Å². The number of nitrogens with zero attached hydrogens (tertiary/aromatic N) is 2. The smallest absolute Gasteiger partial charge is 0.349 e. The quantitative estimate of drug-likeness (QED) is 0.351. The Labute approximate surface area is 236 Å². The van der Waals surface area contributed by atoms with E-state index in [-0.39, 0.29) is 18.0 Å². The van der Waals surface area contributed by atoms with Crippen LogP contribution in [0.2, 0.25) is 5.02 Å². The van der Waals surface area contributed by atoms with Gasteiger partial charge in [0, 0.05) is 17.1 Å². The molecule has 1 fully saturated rings. The number of fused-ring (bicyclic) bond motifs is 1. The molecule has 1 heterocycles. The van der Waals surface area contributed by atoms with E-state index in [1.807, 2.05) is 0 Å². The van der Waals surface area contributed by atoms with Gasteiger partial charge < -0.3 is 20.4 Å². The van der Waals surface area contributed by atoms with E-state index < -0.39 is 54.2 Å². The van der Waals surface area contributed by atoms with Crippen molar-refractivity contribution in [3.05, 3.63) is 59.1 Å². The normalized spacial score (nSPS) is 18.3. The van der Waals surface area contributed by atoms with Crippen molar-refractivity contribution in [3.8, 4) is 0 Å². The fourth-order valence-electron chi connectivity index (χ4n) is 4.25. The molecule has 14 heteroatoms. The summed E-state index contributed by atoms with van der Waals surface area (Å²) in [6, 6.07) is 11.4. The number of nitrogens with one attached hydrogen (secondary N) is 2. The molecule has 2 N–H and O–H groups in total. The number of benzene rings is 2. The van der Waals surface area contributed by atoms with Gasteiger partial charge in [0.25, 0.3) is 11.8 Å². The molecule has 2 aliphatic rings. The van der Waals surface area contributed by atoms with Gasteiger partial charge in [-0.2, -0.15) is 22.0 Å². The fraction of sp³-hybridized carbons (Fsp3) is 0.407. The first-order valence-corrected chi connectivity index (χ1v) is 13.1. The SMILES string of the molecule is CC(C(=O)NCC(F)(F)C(F)(F)F)C(=O)NC1CN(C(=O)c2ccc(Cl)cc2)c2ccccc2N(CC2CC2)C1=O. The number of para-hydroxylation sites is 2. The average molecular weight is 601 g/mol. The summed E-state index contributed by atoms with van der Waals surface area (Å²) in [6.07, 6.45) is -4.12. The fourth-order valence-corrected chi connectivity index (χ4v) is 4.37. The molecule has 0 bridgehead atoms. The van der Waals surface area contributed by atoms with Crippen molar-refractivity contribution in [3.63, 3.8) is 0 Å². The Bertz CT molecular complexity index is 1330. The van der Waals surface area contributed by atoms with E-state index in [2.05, 4.69) is 5.32 Å². The number of carbonyl (C=O) groups excluding carboxylic acids is 4. The first kappa shape index (κ1) is 30.2. The molecule has 1 aliphatic heterocycles. The molecule has 0 aromatic heterocycles. The number of amides is 4. The third-order valence-electron chi connectivity index (χ3n) is 6.87. The van der Waals surface area contributed by atoms with Crippen LogP contribution in [0.4, 0.5) is 33.3 Å². The van der Waals surface area contributed by atoms with Gasteiger partial charge in [0.15, 0.2) is 0 Å². The lowest BCUT2D eigenvalue weighted by molar-refractivity contribution is -0.278. The highest BCUT2D eigenvalue weighted by atomic mass is 35.5. The number of alkyl halides is 5. The predicted octanol–water partition coefficient (Wildman–Crippen LogP) is 4.18. The molecular formula is C27H26ClF5N4O4. The highest BCUT2D eigenvalue weighted by Crippen LogP contribution is 2.38. The molecule has 0 spiro atoms. The molecule has 2 aromatic rings. The van der Waals surface area contributed by atoms with Crippen LogP contribution >= 0.6 is 11.6 Å². The summed E-state index contributed by atoms with van der Waals surface area (Å²) >= 11 is 5.95. The lowest BCUT2D eigenvalue weighted by Crippen LogP contribution is -2.56. The zero-order chi connectivity index (χ0) is 30.1. The van der Waals surface area contributed by atoms with E-state index in [0.717, 1.165) is 19.8 Å². The summed E-state index contributed by atoms with van der Waals surface area (Å²) in [6.45, 7) is -1.08. The summed E-state index contributed by atoms with van der Waals surface area (Å²) in [5, 5.41) is 4.24. The van der Waals surface area contributed by atoms with Crippen LogP contribution in [0.1, 0.15) is 30.1 Å². The highest BCUT2D eigenvalue weighted by molar-refractivity contribution is 6.30. The molecule has 1 saturated carbocycles. The van der Waals surface area contributed by atoms with Gasteiger partial charge in [0.05, 0.1) is 24.5 Å². The number of carbonyl (C=O) groups is 4. The molecule has 0 radical (unpaired) electrons. The Balaban J connectivity index is 1.59. The molecular weight excluding hydrogens is 575 g/mol. The van der Waals surface area contributed by atoms with Gasteiger partial charge in [0.2, 0.25) is 11.8 Å². The molecule has 220 valence electrons.